The molecule has 0 spiro atoms. The summed E-state index contributed by atoms with van der Waals surface area (Å²) in [5, 5.41) is 16.7. The summed E-state index contributed by atoms with van der Waals surface area (Å²) in [7, 11) is 0. The molecule has 2 aromatic carbocycles. The van der Waals surface area contributed by atoms with Gasteiger partial charge in [-0.25, -0.2) is 4.98 Å². The Hall–Kier alpha value is -3.49. The Kier molecular flexibility index (Phi) is 5.11. The largest absolute Gasteiger partial charge is 0.451 e. The van der Waals surface area contributed by atoms with Gasteiger partial charge < -0.3 is 4.42 Å². The number of anilines is 1. The molecule has 4 rings (SSSR count). The minimum atomic E-state index is -0.495. The van der Waals surface area contributed by atoms with Crippen molar-refractivity contribution < 1.29 is 14.1 Å². The van der Waals surface area contributed by atoms with Gasteiger partial charge in [0, 0.05) is 22.0 Å². The van der Waals surface area contributed by atoms with Crippen LogP contribution in [0.5, 0.6) is 0 Å². The Labute approximate surface area is 173 Å². The lowest BCUT2D eigenvalue weighted by molar-refractivity contribution is -0.384. The molecule has 0 aliphatic carbocycles. The Bertz CT molecular complexity index is 1200. The van der Waals surface area contributed by atoms with Gasteiger partial charge in [0.1, 0.15) is 5.76 Å². The van der Waals surface area contributed by atoms with E-state index in [4.69, 9.17) is 16.0 Å². The van der Waals surface area contributed by atoms with E-state index in [2.05, 4.69) is 10.3 Å². The van der Waals surface area contributed by atoms with Gasteiger partial charge in [-0.1, -0.05) is 35.9 Å². The maximum atomic E-state index is 12.5. The molecular weight excluding hydrogens is 414 g/mol. The van der Waals surface area contributed by atoms with Crippen molar-refractivity contribution in [3.05, 3.63) is 86.9 Å². The lowest BCUT2D eigenvalue weighted by atomic mass is 10.1. The molecule has 0 fully saturated rings. The number of hydrogen-bond acceptors (Lipinski definition) is 6. The molecule has 0 radical (unpaired) electrons. The number of nitrogens with one attached hydrogen (secondary N) is 1. The topological polar surface area (TPSA) is 98.3 Å². The van der Waals surface area contributed by atoms with Gasteiger partial charge >= 0.3 is 0 Å². The molecule has 0 unspecified atom stereocenters. The first-order valence-corrected chi connectivity index (χ1v) is 9.63. The average molecular weight is 426 g/mol. The smallest absolute Gasteiger partial charge is 0.293 e. The monoisotopic (exact) mass is 425 g/mol. The van der Waals surface area contributed by atoms with Crippen molar-refractivity contribution in [2.75, 3.05) is 5.32 Å². The molecule has 29 heavy (non-hydrogen) atoms. The number of nitrogens with zero attached hydrogens (tertiary/aromatic N) is 2. The first-order chi connectivity index (χ1) is 14.0. The highest BCUT2D eigenvalue weighted by atomic mass is 35.5. The van der Waals surface area contributed by atoms with Gasteiger partial charge in [0.2, 0.25) is 0 Å². The Balaban J connectivity index is 1.52. The number of carbonyl (C=O) groups is 1. The van der Waals surface area contributed by atoms with Crippen molar-refractivity contribution >= 4 is 39.7 Å². The molecule has 0 saturated heterocycles. The molecule has 144 valence electrons. The minimum absolute atomic E-state index is 0.0291. The number of thiazole rings is 1. The fourth-order valence-electron chi connectivity index (χ4n) is 2.69. The number of hydrogen-bond donors (Lipinski definition) is 1. The van der Waals surface area contributed by atoms with E-state index in [0.717, 1.165) is 5.56 Å². The number of benzene rings is 2. The van der Waals surface area contributed by atoms with Crippen molar-refractivity contribution in [3.63, 3.8) is 0 Å². The van der Waals surface area contributed by atoms with Gasteiger partial charge in [-0.05, 0) is 30.3 Å². The number of carbonyl (C=O) groups excluding carboxylic acids is 1. The molecule has 0 bridgehead atoms. The fourth-order valence-corrected chi connectivity index (χ4v) is 3.53. The van der Waals surface area contributed by atoms with E-state index in [1.807, 2.05) is 17.5 Å². The van der Waals surface area contributed by atoms with E-state index in [-0.39, 0.29) is 17.2 Å². The number of halogens is 1. The van der Waals surface area contributed by atoms with Crippen LogP contribution in [0.4, 0.5) is 10.8 Å². The van der Waals surface area contributed by atoms with Crippen LogP contribution in [0.3, 0.4) is 0 Å². The van der Waals surface area contributed by atoms with Crippen LogP contribution in [-0.4, -0.2) is 15.8 Å². The Morgan fingerprint density at radius 2 is 1.86 bits per heavy atom. The molecule has 4 aromatic rings. The van der Waals surface area contributed by atoms with Crippen LogP contribution < -0.4 is 5.32 Å². The van der Waals surface area contributed by atoms with Crippen molar-refractivity contribution in [2.45, 2.75) is 0 Å². The summed E-state index contributed by atoms with van der Waals surface area (Å²) in [6.45, 7) is 0. The highest BCUT2D eigenvalue weighted by Crippen LogP contribution is 2.31. The van der Waals surface area contributed by atoms with Gasteiger partial charge in [-0.15, -0.1) is 11.3 Å². The molecule has 1 N–H and O–H groups in total. The Morgan fingerprint density at radius 3 is 2.62 bits per heavy atom. The third-order valence-electron chi connectivity index (χ3n) is 4.06. The molecule has 0 aliphatic heterocycles. The second kappa shape index (κ2) is 7.86. The van der Waals surface area contributed by atoms with Crippen molar-refractivity contribution in [2.24, 2.45) is 0 Å². The van der Waals surface area contributed by atoms with E-state index < -0.39 is 10.8 Å². The van der Waals surface area contributed by atoms with Crippen molar-refractivity contribution in [1.82, 2.24) is 4.98 Å². The molecule has 0 atom stereocenters. The molecule has 1 amide bonds. The summed E-state index contributed by atoms with van der Waals surface area (Å²) in [6, 6.07) is 16.4. The molecule has 9 heteroatoms. The van der Waals surface area contributed by atoms with Crippen LogP contribution in [0.1, 0.15) is 10.6 Å². The summed E-state index contributed by atoms with van der Waals surface area (Å²) in [5.41, 5.74) is 1.79. The molecule has 0 saturated carbocycles. The second-order valence-corrected chi connectivity index (χ2v) is 7.23. The highest BCUT2D eigenvalue weighted by Gasteiger charge is 2.20. The summed E-state index contributed by atoms with van der Waals surface area (Å²) >= 11 is 7.17. The first-order valence-electron chi connectivity index (χ1n) is 8.38. The molecule has 2 aromatic heterocycles. The molecule has 0 aliphatic rings. The number of aromatic nitrogens is 1. The summed E-state index contributed by atoms with van der Waals surface area (Å²) in [5.74, 6) is -0.225. The van der Waals surface area contributed by atoms with E-state index in [0.29, 0.717) is 21.4 Å². The summed E-state index contributed by atoms with van der Waals surface area (Å²) < 4.78 is 5.54. The third kappa shape index (κ3) is 4.03. The zero-order chi connectivity index (χ0) is 20.4. The number of rotatable bonds is 5. The highest BCUT2D eigenvalue weighted by molar-refractivity contribution is 7.14. The van der Waals surface area contributed by atoms with Crippen molar-refractivity contribution in [3.8, 4) is 22.6 Å². The second-order valence-electron chi connectivity index (χ2n) is 5.94. The van der Waals surface area contributed by atoms with Gasteiger partial charge in [0.25, 0.3) is 11.6 Å². The minimum Gasteiger partial charge on any atom is -0.451 e. The zero-order valence-corrected chi connectivity index (χ0v) is 16.2. The average Bonchev–Trinajstić information content (AvgIpc) is 3.38. The van der Waals surface area contributed by atoms with Gasteiger partial charge in [0.05, 0.1) is 16.2 Å². The van der Waals surface area contributed by atoms with Crippen LogP contribution in [0.2, 0.25) is 5.02 Å². The van der Waals surface area contributed by atoms with Crippen LogP contribution >= 0.6 is 22.9 Å². The fraction of sp³-hybridized carbons (Fsp3) is 0. The number of nitro benzene ring substituents is 1. The van der Waals surface area contributed by atoms with E-state index >= 15 is 0 Å². The molecule has 7 nitrogen and oxygen atoms in total. The number of nitro groups is 1. The number of para-hydroxylation sites is 1. The zero-order valence-electron chi connectivity index (χ0n) is 14.7. The third-order valence-corrected chi connectivity index (χ3v) is 5.07. The van der Waals surface area contributed by atoms with Gasteiger partial charge in [0.15, 0.2) is 10.9 Å². The van der Waals surface area contributed by atoms with Gasteiger partial charge in [-0.3, -0.25) is 20.2 Å². The SMILES string of the molecule is O=C(Nc1nc(-c2ccc(Cl)cc2)cs1)c1ccc(-c2ccccc2[N+](=O)[O-])o1. The summed E-state index contributed by atoms with van der Waals surface area (Å²) in [4.78, 5) is 27.6. The maximum Gasteiger partial charge on any atom is 0.293 e. The van der Waals surface area contributed by atoms with E-state index in [1.54, 1.807) is 30.3 Å². The summed E-state index contributed by atoms with van der Waals surface area (Å²) in [6.07, 6.45) is 0. The normalized spacial score (nSPS) is 10.7. The van der Waals surface area contributed by atoms with Crippen LogP contribution in [0, 0.1) is 10.1 Å². The van der Waals surface area contributed by atoms with Crippen LogP contribution in [0.15, 0.2) is 70.5 Å². The van der Waals surface area contributed by atoms with Crippen LogP contribution in [0.25, 0.3) is 22.6 Å². The first kappa shape index (κ1) is 18.9. The standard InChI is InChI=1S/C20H12ClN3O4S/c21-13-7-5-12(6-8-13)15-11-29-20(22-15)23-19(25)18-10-9-17(28-18)14-3-1-2-4-16(14)24(26)27/h1-11H,(H,22,23,25). The van der Waals surface area contributed by atoms with Gasteiger partial charge in [-0.2, -0.15) is 0 Å². The molecular formula is C20H12ClN3O4S. The number of amides is 1. The van der Waals surface area contributed by atoms with Crippen molar-refractivity contribution in [1.29, 1.82) is 0 Å². The van der Waals surface area contributed by atoms with Crippen LogP contribution in [-0.2, 0) is 0 Å². The van der Waals surface area contributed by atoms with E-state index in [1.165, 1.54) is 29.5 Å². The Morgan fingerprint density at radius 1 is 1.10 bits per heavy atom. The predicted molar refractivity (Wildman–Crippen MR) is 111 cm³/mol. The number of furan rings is 1. The van der Waals surface area contributed by atoms with E-state index in [9.17, 15) is 14.9 Å². The maximum absolute atomic E-state index is 12.5. The lowest BCUT2D eigenvalue weighted by Crippen LogP contribution is -2.10. The predicted octanol–water partition coefficient (Wildman–Crippen LogP) is 5.88. The quantitative estimate of drug-likeness (QED) is 0.318. The lowest BCUT2D eigenvalue weighted by Gasteiger charge is -2.00. The molecule has 2 heterocycles.